The van der Waals surface area contributed by atoms with Gasteiger partial charge in [0.1, 0.15) is 11.2 Å². The maximum absolute atomic E-state index is 13.4. The van der Waals surface area contributed by atoms with Crippen LogP contribution in [0.25, 0.3) is 44.2 Å². The molecule has 0 unspecified atom stereocenters. The average molecular weight is 546 g/mol. The van der Waals surface area contributed by atoms with Gasteiger partial charge in [0.2, 0.25) is 5.43 Å². The summed E-state index contributed by atoms with van der Waals surface area (Å²) in [5.41, 5.74) is 8.75. The molecule has 3 nitrogen and oxygen atoms in total. The van der Waals surface area contributed by atoms with Crippen LogP contribution in [0.3, 0.4) is 0 Å². The van der Waals surface area contributed by atoms with E-state index < -0.39 is 0 Å². The third kappa shape index (κ3) is 3.87. The first kappa shape index (κ1) is 23.8. The van der Waals surface area contributed by atoms with Crippen LogP contribution in [-0.2, 0) is 0 Å². The summed E-state index contributed by atoms with van der Waals surface area (Å²) in [5.74, 6) is 0. The van der Waals surface area contributed by atoms with Gasteiger partial charge in [0.05, 0.1) is 22.1 Å². The zero-order chi connectivity index (χ0) is 27.3. The number of hydrogen-bond acceptors (Lipinski definition) is 4. The summed E-state index contributed by atoms with van der Waals surface area (Å²) in [5, 5.41) is 1.16. The molecule has 41 heavy (non-hydrogen) atoms. The van der Waals surface area contributed by atoms with Crippen LogP contribution in [0, 0.1) is 0 Å². The fourth-order valence-corrected chi connectivity index (χ4v) is 6.91. The molecule has 0 N–H and O–H groups in total. The Labute approximate surface area is 241 Å². The topological polar surface area (TPSA) is 33.5 Å². The van der Waals surface area contributed by atoms with E-state index in [4.69, 9.17) is 4.42 Å². The van der Waals surface area contributed by atoms with Gasteiger partial charge in [-0.1, -0.05) is 96.7 Å². The highest BCUT2D eigenvalue weighted by molar-refractivity contribution is 7.99. The van der Waals surface area contributed by atoms with Gasteiger partial charge in [0.15, 0.2) is 0 Å². The van der Waals surface area contributed by atoms with Crippen LogP contribution in [0.4, 0.5) is 17.1 Å². The normalized spacial score (nSPS) is 12.3. The Hall–Kier alpha value is -5.06. The molecule has 6 aromatic carbocycles. The summed E-state index contributed by atoms with van der Waals surface area (Å²) in [6.07, 6.45) is 0. The minimum absolute atomic E-state index is 0.0185. The lowest BCUT2D eigenvalue weighted by atomic mass is 9.98. The maximum atomic E-state index is 13.4. The van der Waals surface area contributed by atoms with Gasteiger partial charge < -0.3 is 9.32 Å². The average Bonchev–Trinajstić information content (AvgIpc) is 3.02. The molecule has 0 amide bonds. The van der Waals surface area contributed by atoms with Gasteiger partial charge in [-0.3, -0.25) is 4.79 Å². The minimum atomic E-state index is -0.0185. The molecule has 0 saturated carbocycles. The van der Waals surface area contributed by atoms with Crippen molar-refractivity contribution in [2.75, 3.05) is 4.90 Å². The van der Waals surface area contributed by atoms with Crippen molar-refractivity contribution < 1.29 is 4.42 Å². The molecule has 2 heterocycles. The lowest BCUT2D eigenvalue weighted by Crippen LogP contribution is -2.13. The molecule has 1 aromatic heterocycles. The highest BCUT2D eigenvalue weighted by atomic mass is 32.2. The first-order valence-corrected chi connectivity index (χ1v) is 14.4. The van der Waals surface area contributed by atoms with Crippen LogP contribution in [0.15, 0.2) is 159 Å². The fraction of sp³-hybridized carbons (Fsp3) is 0. The first-order valence-electron chi connectivity index (χ1n) is 13.6. The summed E-state index contributed by atoms with van der Waals surface area (Å²) in [4.78, 5) is 18.0. The number of para-hydroxylation sites is 3. The Morgan fingerprint density at radius 1 is 0.488 bits per heavy atom. The zero-order valence-corrected chi connectivity index (χ0v) is 22.8. The smallest absolute Gasteiger partial charge is 0.200 e. The zero-order valence-electron chi connectivity index (χ0n) is 22.0. The minimum Gasteiger partial charge on any atom is -0.456 e. The van der Waals surface area contributed by atoms with Gasteiger partial charge in [-0.2, -0.15) is 0 Å². The van der Waals surface area contributed by atoms with Crippen LogP contribution < -0.4 is 10.3 Å². The fourth-order valence-electron chi connectivity index (χ4n) is 5.80. The SMILES string of the molecule is O=c1c2ccccc2oc2cc(N3c4ccccc4-c4ccccc4Sc4ccccc4-c4ccccc43)ccc12. The lowest BCUT2D eigenvalue weighted by Gasteiger charge is -2.31. The van der Waals surface area contributed by atoms with E-state index in [1.54, 1.807) is 11.8 Å². The number of benzene rings is 6. The summed E-state index contributed by atoms with van der Waals surface area (Å²) in [6, 6.07) is 47.6. The molecule has 4 heteroatoms. The highest BCUT2D eigenvalue weighted by Gasteiger charge is 2.24. The van der Waals surface area contributed by atoms with Crippen molar-refractivity contribution in [1.29, 1.82) is 0 Å². The van der Waals surface area contributed by atoms with E-state index in [1.807, 2.05) is 42.5 Å². The molecular weight excluding hydrogens is 522 g/mol. The lowest BCUT2D eigenvalue weighted by molar-refractivity contribution is 0.660. The van der Waals surface area contributed by atoms with E-state index in [2.05, 4.69) is 102 Å². The number of hydrogen-bond donors (Lipinski definition) is 0. The molecule has 0 spiro atoms. The van der Waals surface area contributed by atoms with Crippen molar-refractivity contribution >= 4 is 50.8 Å². The van der Waals surface area contributed by atoms with Crippen molar-refractivity contribution in [3.8, 4) is 22.3 Å². The van der Waals surface area contributed by atoms with Gasteiger partial charge in [0, 0.05) is 32.7 Å². The summed E-state index contributed by atoms with van der Waals surface area (Å²) < 4.78 is 6.32. The molecule has 1 aliphatic rings. The van der Waals surface area contributed by atoms with Gasteiger partial charge in [0.25, 0.3) is 0 Å². The van der Waals surface area contributed by atoms with E-state index in [-0.39, 0.29) is 5.43 Å². The van der Waals surface area contributed by atoms with Crippen LogP contribution in [0.1, 0.15) is 0 Å². The van der Waals surface area contributed by atoms with Crippen molar-refractivity contribution in [1.82, 2.24) is 0 Å². The van der Waals surface area contributed by atoms with E-state index in [1.165, 1.54) is 20.9 Å². The van der Waals surface area contributed by atoms with E-state index in [0.29, 0.717) is 21.9 Å². The van der Waals surface area contributed by atoms with Gasteiger partial charge in [-0.15, -0.1) is 0 Å². The quantitative estimate of drug-likeness (QED) is 0.192. The van der Waals surface area contributed by atoms with Crippen LogP contribution in [-0.4, -0.2) is 0 Å². The van der Waals surface area contributed by atoms with Crippen molar-refractivity contribution in [2.24, 2.45) is 0 Å². The summed E-state index contributed by atoms with van der Waals surface area (Å²) >= 11 is 1.80. The molecule has 8 rings (SSSR count). The van der Waals surface area contributed by atoms with Crippen molar-refractivity contribution in [2.45, 2.75) is 9.79 Å². The molecule has 0 bridgehead atoms. The number of nitrogens with zero attached hydrogens (tertiary/aromatic N) is 1. The predicted molar refractivity (Wildman–Crippen MR) is 170 cm³/mol. The second kappa shape index (κ2) is 9.54. The first-order chi connectivity index (χ1) is 20.3. The summed E-state index contributed by atoms with van der Waals surface area (Å²) in [7, 11) is 0. The van der Waals surface area contributed by atoms with Crippen molar-refractivity contribution in [3.05, 3.63) is 150 Å². The van der Waals surface area contributed by atoms with Gasteiger partial charge in [-0.05, 0) is 59.7 Å². The second-order valence-electron chi connectivity index (χ2n) is 10.1. The number of anilines is 3. The van der Waals surface area contributed by atoms with Crippen molar-refractivity contribution in [3.63, 3.8) is 0 Å². The molecule has 7 aromatic rings. The Morgan fingerprint density at radius 2 is 1.00 bits per heavy atom. The standard InChI is InChI=1S/C37H23NO2S/c39-37-29-15-3-8-18-33(29)40-34-23-24(21-22-30(34)37)38-31-16-6-1-11-25(31)27-13-4-9-19-35(27)41-36-20-10-5-14-28(36)26-12-2-7-17-32(26)38/h1-23H. The third-order valence-electron chi connectivity index (χ3n) is 7.68. The summed E-state index contributed by atoms with van der Waals surface area (Å²) in [6.45, 7) is 0. The van der Waals surface area contributed by atoms with E-state index in [0.717, 1.165) is 28.2 Å². The Bertz CT molecular complexity index is 2090. The molecule has 1 aliphatic heterocycles. The van der Waals surface area contributed by atoms with E-state index >= 15 is 0 Å². The molecule has 0 saturated heterocycles. The molecule has 0 atom stereocenters. The number of fused-ring (bicyclic) bond motifs is 8. The Balaban J connectivity index is 1.48. The van der Waals surface area contributed by atoms with Crippen LogP contribution >= 0.6 is 11.8 Å². The van der Waals surface area contributed by atoms with Crippen LogP contribution in [0.2, 0.25) is 0 Å². The van der Waals surface area contributed by atoms with E-state index in [9.17, 15) is 4.79 Å². The van der Waals surface area contributed by atoms with Crippen LogP contribution in [0.5, 0.6) is 0 Å². The molecule has 0 radical (unpaired) electrons. The Kier molecular flexibility index (Phi) is 5.54. The molecule has 0 aliphatic carbocycles. The molecular formula is C37H23NO2S. The second-order valence-corrected chi connectivity index (χ2v) is 11.2. The predicted octanol–water partition coefficient (Wildman–Crippen LogP) is 10.2. The molecule has 194 valence electrons. The number of rotatable bonds is 1. The van der Waals surface area contributed by atoms with Gasteiger partial charge >= 0.3 is 0 Å². The Morgan fingerprint density at radius 3 is 1.66 bits per heavy atom. The monoisotopic (exact) mass is 545 g/mol. The highest BCUT2D eigenvalue weighted by Crippen LogP contribution is 2.50. The molecule has 0 fully saturated rings. The van der Waals surface area contributed by atoms with Gasteiger partial charge in [-0.25, -0.2) is 0 Å². The maximum Gasteiger partial charge on any atom is 0.200 e. The third-order valence-corrected chi connectivity index (χ3v) is 8.84. The largest absolute Gasteiger partial charge is 0.456 e.